The number of carbonyl (C=O) groups excluding carboxylic acids is 1. The first-order valence-corrected chi connectivity index (χ1v) is 6.71. The summed E-state index contributed by atoms with van der Waals surface area (Å²) in [6, 6.07) is 14.1. The average molecular weight is 292 g/mol. The van der Waals surface area contributed by atoms with Gasteiger partial charge in [-0.05, 0) is 30.5 Å². The van der Waals surface area contributed by atoms with Crippen LogP contribution in [0.25, 0.3) is 0 Å². The highest BCUT2D eigenvalue weighted by Crippen LogP contribution is 2.29. The van der Waals surface area contributed by atoms with E-state index in [1.165, 1.54) is 12.1 Å². The Hall–Kier alpha value is -2.10. The zero-order valence-electron chi connectivity index (χ0n) is 11.4. The highest BCUT2D eigenvalue weighted by molar-refractivity contribution is 5.95. The largest absolute Gasteiger partial charge is 0.416 e. The Kier molecular flexibility index (Phi) is 4.78. The third-order valence-corrected chi connectivity index (χ3v) is 3.25. The topological polar surface area (TPSA) is 17.1 Å². The van der Waals surface area contributed by atoms with E-state index >= 15 is 0 Å². The summed E-state index contributed by atoms with van der Waals surface area (Å²) in [5.74, 6) is 0.0579. The van der Waals surface area contributed by atoms with E-state index in [9.17, 15) is 18.0 Å². The molecule has 2 aromatic carbocycles. The lowest BCUT2D eigenvalue weighted by Gasteiger charge is -2.07. The third-order valence-electron chi connectivity index (χ3n) is 3.25. The lowest BCUT2D eigenvalue weighted by atomic mass is 10.0. The number of hydrogen-bond donors (Lipinski definition) is 0. The monoisotopic (exact) mass is 292 g/mol. The summed E-state index contributed by atoms with van der Waals surface area (Å²) in [5, 5.41) is 0. The Morgan fingerprint density at radius 1 is 0.905 bits per heavy atom. The molecule has 1 nitrogen and oxygen atoms in total. The number of alkyl halides is 3. The molecule has 0 amide bonds. The molecule has 2 rings (SSSR count). The molecular weight excluding hydrogens is 277 g/mol. The van der Waals surface area contributed by atoms with E-state index in [1.807, 2.05) is 18.2 Å². The van der Waals surface area contributed by atoms with Gasteiger partial charge in [-0.3, -0.25) is 4.79 Å². The molecule has 0 aromatic heterocycles. The van der Waals surface area contributed by atoms with Crippen LogP contribution >= 0.6 is 0 Å². The second-order valence-corrected chi connectivity index (χ2v) is 4.84. The quantitative estimate of drug-likeness (QED) is 0.715. The molecule has 2 aromatic rings. The van der Waals surface area contributed by atoms with Crippen molar-refractivity contribution >= 4 is 5.78 Å². The fourth-order valence-corrected chi connectivity index (χ4v) is 2.08. The minimum absolute atomic E-state index is 0.0579. The molecular formula is C17H15F3O. The predicted octanol–water partition coefficient (Wildman–Crippen LogP) is 4.91. The predicted molar refractivity (Wildman–Crippen MR) is 75.2 cm³/mol. The van der Waals surface area contributed by atoms with Crippen molar-refractivity contribution in [2.45, 2.75) is 25.4 Å². The first-order valence-electron chi connectivity index (χ1n) is 6.71. The summed E-state index contributed by atoms with van der Waals surface area (Å²) in [4.78, 5) is 11.9. The molecule has 110 valence electrons. The number of halogens is 3. The number of carbonyl (C=O) groups is 1. The smallest absolute Gasteiger partial charge is 0.294 e. The number of benzene rings is 2. The molecule has 0 aliphatic carbocycles. The van der Waals surface area contributed by atoms with Gasteiger partial charge in [0.1, 0.15) is 0 Å². The van der Waals surface area contributed by atoms with Crippen LogP contribution in [0, 0.1) is 0 Å². The summed E-state index contributed by atoms with van der Waals surface area (Å²) in [6.07, 6.45) is -2.69. The third kappa shape index (κ3) is 4.45. The summed E-state index contributed by atoms with van der Waals surface area (Å²) in [6.45, 7) is 0. The van der Waals surface area contributed by atoms with Crippen molar-refractivity contribution in [2.75, 3.05) is 0 Å². The Morgan fingerprint density at radius 2 is 1.52 bits per heavy atom. The standard InChI is InChI=1S/C17H15F3O/c18-17(19,20)15-11-9-13(10-12-15)5-4-8-16(21)14-6-2-1-3-7-14/h1-3,6-7,9-12H,4-5,8H2. The normalized spacial score (nSPS) is 11.4. The first-order chi connectivity index (χ1) is 9.97. The number of aryl methyl sites for hydroxylation is 1. The fraction of sp³-hybridized carbons (Fsp3) is 0.235. The molecule has 21 heavy (non-hydrogen) atoms. The molecule has 0 saturated heterocycles. The molecule has 0 aliphatic heterocycles. The molecule has 0 aliphatic rings. The lowest BCUT2D eigenvalue weighted by Crippen LogP contribution is -2.04. The van der Waals surface area contributed by atoms with Gasteiger partial charge in [-0.2, -0.15) is 13.2 Å². The molecule has 0 heterocycles. The summed E-state index contributed by atoms with van der Waals surface area (Å²) < 4.78 is 37.3. The van der Waals surface area contributed by atoms with Gasteiger partial charge in [0.05, 0.1) is 5.56 Å². The second-order valence-electron chi connectivity index (χ2n) is 4.84. The Morgan fingerprint density at radius 3 is 2.10 bits per heavy atom. The number of rotatable bonds is 5. The van der Waals surface area contributed by atoms with Crippen molar-refractivity contribution in [1.29, 1.82) is 0 Å². The van der Waals surface area contributed by atoms with E-state index in [2.05, 4.69) is 0 Å². The molecule has 0 bridgehead atoms. The Bertz CT molecular complexity index is 586. The van der Waals surface area contributed by atoms with Crippen molar-refractivity contribution in [3.8, 4) is 0 Å². The second kappa shape index (κ2) is 6.57. The molecule has 0 saturated carbocycles. The van der Waals surface area contributed by atoms with Gasteiger partial charge in [-0.15, -0.1) is 0 Å². The Balaban J connectivity index is 1.85. The van der Waals surface area contributed by atoms with Gasteiger partial charge in [0, 0.05) is 12.0 Å². The van der Waals surface area contributed by atoms with Crippen LogP contribution in [-0.2, 0) is 12.6 Å². The molecule has 0 fully saturated rings. The van der Waals surface area contributed by atoms with Crippen LogP contribution in [0.1, 0.15) is 34.3 Å². The minimum Gasteiger partial charge on any atom is -0.294 e. The van der Waals surface area contributed by atoms with Crippen molar-refractivity contribution in [3.05, 3.63) is 71.3 Å². The van der Waals surface area contributed by atoms with E-state index in [-0.39, 0.29) is 5.78 Å². The van der Waals surface area contributed by atoms with Crippen molar-refractivity contribution in [1.82, 2.24) is 0 Å². The fourth-order valence-electron chi connectivity index (χ4n) is 2.08. The number of hydrogen-bond acceptors (Lipinski definition) is 1. The maximum atomic E-state index is 12.4. The van der Waals surface area contributed by atoms with Gasteiger partial charge in [0.15, 0.2) is 5.78 Å². The van der Waals surface area contributed by atoms with Crippen LogP contribution in [0.5, 0.6) is 0 Å². The molecule has 0 atom stereocenters. The lowest BCUT2D eigenvalue weighted by molar-refractivity contribution is -0.137. The molecule has 0 N–H and O–H groups in total. The van der Waals surface area contributed by atoms with E-state index in [0.29, 0.717) is 24.8 Å². The van der Waals surface area contributed by atoms with Crippen molar-refractivity contribution in [2.24, 2.45) is 0 Å². The van der Waals surface area contributed by atoms with Crippen LogP contribution in [0.15, 0.2) is 54.6 Å². The zero-order chi connectivity index (χ0) is 15.3. The van der Waals surface area contributed by atoms with E-state index in [4.69, 9.17) is 0 Å². The van der Waals surface area contributed by atoms with Crippen LogP contribution in [0.2, 0.25) is 0 Å². The highest BCUT2D eigenvalue weighted by atomic mass is 19.4. The minimum atomic E-state index is -4.30. The molecule has 0 unspecified atom stereocenters. The Labute approximate surface area is 121 Å². The van der Waals surface area contributed by atoms with E-state index in [1.54, 1.807) is 12.1 Å². The number of Topliss-reactive ketones (excluding diaryl/α,β-unsaturated/α-hetero) is 1. The average Bonchev–Trinajstić information content (AvgIpc) is 2.47. The maximum Gasteiger partial charge on any atom is 0.416 e. The summed E-state index contributed by atoms with van der Waals surface area (Å²) in [7, 11) is 0. The summed E-state index contributed by atoms with van der Waals surface area (Å²) >= 11 is 0. The van der Waals surface area contributed by atoms with Crippen LogP contribution in [0.3, 0.4) is 0 Å². The van der Waals surface area contributed by atoms with E-state index in [0.717, 1.165) is 17.7 Å². The van der Waals surface area contributed by atoms with Crippen LogP contribution in [0.4, 0.5) is 13.2 Å². The van der Waals surface area contributed by atoms with Gasteiger partial charge in [0.25, 0.3) is 0 Å². The van der Waals surface area contributed by atoms with Gasteiger partial charge in [0.2, 0.25) is 0 Å². The SMILES string of the molecule is O=C(CCCc1ccc(C(F)(F)F)cc1)c1ccccc1. The van der Waals surface area contributed by atoms with Crippen LogP contribution < -0.4 is 0 Å². The summed E-state index contributed by atoms with van der Waals surface area (Å²) in [5.41, 5.74) is 0.834. The molecule has 0 spiro atoms. The van der Waals surface area contributed by atoms with Gasteiger partial charge < -0.3 is 0 Å². The van der Waals surface area contributed by atoms with Crippen molar-refractivity contribution in [3.63, 3.8) is 0 Å². The van der Waals surface area contributed by atoms with E-state index < -0.39 is 11.7 Å². The highest BCUT2D eigenvalue weighted by Gasteiger charge is 2.29. The zero-order valence-corrected chi connectivity index (χ0v) is 11.4. The molecule has 0 radical (unpaired) electrons. The van der Waals surface area contributed by atoms with Gasteiger partial charge in [-0.25, -0.2) is 0 Å². The number of ketones is 1. The molecule has 4 heteroatoms. The maximum absolute atomic E-state index is 12.4. The van der Waals surface area contributed by atoms with Crippen molar-refractivity contribution < 1.29 is 18.0 Å². The van der Waals surface area contributed by atoms with Gasteiger partial charge >= 0.3 is 6.18 Å². The first kappa shape index (κ1) is 15.3. The van der Waals surface area contributed by atoms with Gasteiger partial charge in [-0.1, -0.05) is 42.5 Å². The van der Waals surface area contributed by atoms with Crippen LogP contribution in [-0.4, -0.2) is 5.78 Å².